The van der Waals surface area contributed by atoms with Crippen LogP contribution in [0.1, 0.15) is 55.5 Å². The van der Waals surface area contributed by atoms with Crippen LogP contribution in [0, 0.1) is 6.92 Å². The number of hydrogen-bond donors (Lipinski definition) is 1. The molecule has 1 unspecified atom stereocenters. The number of Topliss-reactive ketones (excluding diaryl/α,β-unsaturated/α-hetero) is 1. The van der Waals surface area contributed by atoms with Gasteiger partial charge in [-0.25, -0.2) is 0 Å². The second-order valence-corrected chi connectivity index (χ2v) is 11.2. The lowest BCUT2D eigenvalue weighted by Gasteiger charge is -2.29. The van der Waals surface area contributed by atoms with Crippen molar-refractivity contribution in [2.45, 2.75) is 45.6 Å². The Kier molecular flexibility index (Phi) is 8.93. The van der Waals surface area contributed by atoms with Crippen LogP contribution in [-0.2, 0) is 19.7 Å². The lowest BCUT2D eigenvalue weighted by Crippen LogP contribution is -2.39. The molecule has 2 aliphatic rings. The summed E-state index contributed by atoms with van der Waals surface area (Å²) in [5.74, 6) is -0.759. The SMILES string of the molecule is C=CCOc1ccc(/C(O)=C2\C(=O)C(=O)N(CCCN3CCOCC3)C2c2ccc(C(C)(C)C)cc2)c(C)c1. The number of aliphatic hydroxyl groups is 1. The van der Waals surface area contributed by atoms with Crippen molar-refractivity contribution >= 4 is 17.4 Å². The van der Waals surface area contributed by atoms with Gasteiger partial charge in [-0.2, -0.15) is 0 Å². The van der Waals surface area contributed by atoms with Gasteiger partial charge in [-0.1, -0.05) is 57.7 Å². The Labute approximate surface area is 231 Å². The smallest absolute Gasteiger partial charge is 0.295 e. The van der Waals surface area contributed by atoms with E-state index >= 15 is 0 Å². The van der Waals surface area contributed by atoms with Gasteiger partial charge >= 0.3 is 0 Å². The number of nitrogens with zero attached hydrogens (tertiary/aromatic N) is 2. The maximum absolute atomic E-state index is 13.5. The molecule has 4 rings (SSSR count). The molecule has 0 aliphatic carbocycles. The van der Waals surface area contributed by atoms with Gasteiger partial charge in [0.15, 0.2) is 0 Å². The summed E-state index contributed by atoms with van der Waals surface area (Å²) in [6.07, 6.45) is 2.38. The molecule has 2 fully saturated rings. The Hall–Kier alpha value is -3.42. The van der Waals surface area contributed by atoms with Crippen molar-refractivity contribution < 1.29 is 24.2 Å². The Morgan fingerprint density at radius 2 is 1.79 bits per heavy atom. The van der Waals surface area contributed by atoms with Crippen molar-refractivity contribution in [1.82, 2.24) is 9.80 Å². The Balaban J connectivity index is 1.70. The summed E-state index contributed by atoms with van der Waals surface area (Å²) in [7, 11) is 0. The van der Waals surface area contributed by atoms with Gasteiger partial charge in [0.05, 0.1) is 24.8 Å². The normalized spacial score (nSPS) is 19.9. The molecule has 2 aromatic rings. The van der Waals surface area contributed by atoms with Gasteiger partial charge in [0.25, 0.3) is 11.7 Å². The Bertz CT molecular complexity index is 1240. The highest BCUT2D eigenvalue weighted by molar-refractivity contribution is 6.46. The summed E-state index contributed by atoms with van der Waals surface area (Å²) in [5, 5.41) is 11.5. The number of carbonyl (C=O) groups excluding carboxylic acids is 2. The van der Waals surface area contributed by atoms with Gasteiger partial charge in [-0.05, 0) is 53.6 Å². The van der Waals surface area contributed by atoms with Crippen LogP contribution in [0.2, 0.25) is 0 Å². The van der Waals surface area contributed by atoms with Gasteiger partial charge in [0.1, 0.15) is 18.1 Å². The highest BCUT2D eigenvalue weighted by atomic mass is 16.5. The number of rotatable bonds is 9. The number of carbonyl (C=O) groups is 2. The zero-order valence-electron chi connectivity index (χ0n) is 23.5. The zero-order chi connectivity index (χ0) is 28.2. The van der Waals surface area contributed by atoms with E-state index in [-0.39, 0.29) is 16.7 Å². The second-order valence-electron chi connectivity index (χ2n) is 11.2. The standard InChI is InChI=1S/C32H40N2O5/c1-6-18-39-25-12-13-26(22(2)21-25)29(35)27-28(23-8-10-24(11-9-23)32(3,4)5)34(31(37)30(27)36)15-7-14-33-16-19-38-20-17-33/h6,8-13,21,28,35H,1,7,14-20H2,2-5H3/b29-27+. The third-order valence-electron chi connectivity index (χ3n) is 7.43. The van der Waals surface area contributed by atoms with E-state index in [0.717, 1.165) is 42.7 Å². The van der Waals surface area contributed by atoms with Crippen molar-refractivity contribution in [3.8, 4) is 5.75 Å². The monoisotopic (exact) mass is 532 g/mol. The second kappa shape index (κ2) is 12.2. The molecule has 7 nitrogen and oxygen atoms in total. The predicted molar refractivity (Wildman–Crippen MR) is 153 cm³/mol. The van der Waals surface area contributed by atoms with Crippen LogP contribution >= 0.6 is 0 Å². The molecule has 2 aliphatic heterocycles. The number of ether oxygens (including phenoxy) is 2. The molecule has 7 heteroatoms. The van der Waals surface area contributed by atoms with Gasteiger partial charge in [0.2, 0.25) is 0 Å². The third kappa shape index (κ3) is 6.43. The number of aryl methyl sites for hydroxylation is 1. The summed E-state index contributed by atoms with van der Waals surface area (Å²) in [5.41, 5.74) is 3.29. The number of morpholine rings is 1. The maximum Gasteiger partial charge on any atom is 0.295 e. The number of hydrogen-bond acceptors (Lipinski definition) is 6. The minimum Gasteiger partial charge on any atom is -0.507 e. The van der Waals surface area contributed by atoms with Crippen molar-refractivity contribution in [1.29, 1.82) is 0 Å². The largest absolute Gasteiger partial charge is 0.507 e. The van der Waals surface area contributed by atoms with E-state index in [0.29, 0.717) is 37.7 Å². The third-order valence-corrected chi connectivity index (χ3v) is 7.43. The lowest BCUT2D eigenvalue weighted by molar-refractivity contribution is -0.140. The fraction of sp³-hybridized carbons (Fsp3) is 0.438. The average Bonchev–Trinajstić information content (AvgIpc) is 3.17. The summed E-state index contributed by atoms with van der Waals surface area (Å²) in [6, 6.07) is 12.6. The first kappa shape index (κ1) is 28.6. The van der Waals surface area contributed by atoms with E-state index in [4.69, 9.17) is 9.47 Å². The molecule has 39 heavy (non-hydrogen) atoms. The van der Waals surface area contributed by atoms with Crippen LogP contribution in [0.4, 0.5) is 0 Å². The predicted octanol–water partition coefficient (Wildman–Crippen LogP) is 5.00. The van der Waals surface area contributed by atoms with Gasteiger partial charge in [0, 0.05) is 31.7 Å². The number of likely N-dealkylation sites (tertiary alicyclic amines) is 1. The van der Waals surface area contributed by atoms with Gasteiger partial charge < -0.3 is 19.5 Å². The van der Waals surface area contributed by atoms with Crippen molar-refractivity contribution in [2.24, 2.45) is 0 Å². The lowest BCUT2D eigenvalue weighted by atomic mass is 9.85. The van der Waals surface area contributed by atoms with Crippen LogP contribution in [0.3, 0.4) is 0 Å². The maximum atomic E-state index is 13.5. The molecule has 0 spiro atoms. The molecule has 0 bridgehead atoms. The molecule has 208 valence electrons. The van der Waals surface area contributed by atoms with Crippen LogP contribution in [0.5, 0.6) is 5.75 Å². The van der Waals surface area contributed by atoms with Gasteiger partial charge in [-0.3, -0.25) is 14.5 Å². The summed E-state index contributed by atoms with van der Waals surface area (Å²) < 4.78 is 11.1. The summed E-state index contributed by atoms with van der Waals surface area (Å²) >= 11 is 0. The topological polar surface area (TPSA) is 79.3 Å². The van der Waals surface area contributed by atoms with Crippen molar-refractivity contribution in [3.05, 3.63) is 82.9 Å². The molecule has 1 N–H and O–H groups in total. The molecule has 2 heterocycles. The molecule has 0 radical (unpaired) electrons. The highest BCUT2D eigenvalue weighted by Gasteiger charge is 2.46. The summed E-state index contributed by atoms with van der Waals surface area (Å²) in [4.78, 5) is 30.8. The molecule has 2 aromatic carbocycles. The van der Waals surface area contributed by atoms with E-state index in [2.05, 4.69) is 32.3 Å². The van der Waals surface area contributed by atoms with Crippen molar-refractivity contribution in [3.63, 3.8) is 0 Å². The van der Waals surface area contributed by atoms with Crippen LogP contribution in [-0.4, -0.2) is 72.6 Å². The van der Waals surface area contributed by atoms with E-state index in [1.54, 1.807) is 23.1 Å². The zero-order valence-corrected chi connectivity index (χ0v) is 23.5. The molecule has 0 saturated carbocycles. The Morgan fingerprint density at radius 1 is 1.10 bits per heavy atom. The van der Waals surface area contributed by atoms with E-state index < -0.39 is 17.7 Å². The van der Waals surface area contributed by atoms with Crippen molar-refractivity contribution in [2.75, 3.05) is 46.0 Å². The first-order valence-corrected chi connectivity index (χ1v) is 13.7. The molecule has 1 amide bonds. The van der Waals surface area contributed by atoms with E-state index in [9.17, 15) is 14.7 Å². The van der Waals surface area contributed by atoms with Crippen LogP contribution in [0.25, 0.3) is 5.76 Å². The number of ketones is 1. The fourth-order valence-electron chi connectivity index (χ4n) is 5.20. The highest BCUT2D eigenvalue weighted by Crippen LogP contribution is 2.40. The first-order chi connectivity index (χ1) is 18.6. The molecule has 1 atom stereocenters. The van der Waals surface area contributed by atoms with Crippen LogP contribution < -0.4 is 4.74 Å². The van der Waals surface area contributed by atoms with Gasteiger partial charge in [-0.15, -0.1) is 0 Å². The number of amides is 1. The fourth-order valence-corrected chi connectivity index (χ4v) is 5.20. The summed E-state index contributed by atoms with van der Waals surface area (Å²) in [6.45, 7) is 16.7. The van der Waals surface area contributed by atoms with E-state index in [1.165, 1.54) is 0 Å². The van der Waals surface area contributed by atoms with Crippen LogP contribution in [0.15, 0.2) is 60.7 Å². The molecule has 2 saturated heterocycles. The average molecular weight is 533 g/mol. The van der Waals surface area contributed by atoms with E-state index in [1.807, 2.05) is 37.3 Å². The minimum absolute atomic E-state index is 0.0367. The number of aliphatic hydroxyl groups excluding tert-OH is 1. The minimum atomic E-state index is -0.667. The molecule has 0 aromatic heterocycles. The molecular formula is C32H40N2O5. The quantitative estimate of drug-likeness (QED) is 0.212. The number of benzene rings is 2. The molecular weight excluding hydrogens is 492 g/mol. The Morgan fingerprint density at radius 3 is 2.41 bits per heavy atom. The first-order valence-electron chi connectivity index (χ1n) is 13.7.